The minimum Gasteiger partial charge on any atom is -0.439 e. The predicted octanol–water partition coefficient (Wildman–Crippen LogP) is 3.26. The molecule has 0 saturated carbocycles. The van der Waals surface area contributed by atoms with Crippen molar-refractivity contribution >= 4 is 17.6 Å². The highest BCUT2D eigenvalue weighted by Gasteiger charge is 2.19. The second-order valence-electron chi connectivity index (χ2n) is 5.27. The van der Waals surface area contributed by atoms with Gasteiger partial charge in [-0.25, -0.2) is 15.0 Å². The van der Waals surface area contributed by atoms with Gasteiger partial charge in [-0.1, -0.05) is 20.8 Å². The average Bonchev–Trinajstić information content (AvgIpc) is 2.73. The van der Waals surface area contributed by atoms with Crippen LogP contribution in [0.25, 0.3) is 0 Å². The Hall–Kier alpha value is -1.56. The minimum atomic E-state index is -0.103. The molecule has 6 heteroatoms. The fourth-order valence-corrected chi connectivity index (χ4v) is 2.18. The molecular formula is C13H18N4OS. The molecule has 0 aliphatic heterocycles. The van der Waals surface area contributed by atoms with Gasteiger partial charge in [0.25, 0.3) is 5.22 Å². The highest BCUT2D eigenvalue weighted by molar-refractivity contribution is 7.99. The van der Waals surface area contributed by atoms with E-state index in [9.17, 15) is 0 Å². The van der Waals surface area contributed by atoms with Crippen LogP contribution in [0.4, 0.5) is 5.82 Å². The van der Waals surface area contributed by atoms with Crippen LogP contribution in [0, 0.1) is 6.92 Å². The van der Waals surface area contributed by atoms with Gasteiger partial charge in [0.05, 0.1) is 5.69 Å². The molecule has 0 bridgehead atoms. The molecule has 2 aromatic rings. The van der Waals surface area contributed by atoms with Gasteiger partial charge >= 0.3 is 0 Å². The first-order valence-electron chi connectivity index (χ1n) is 6.06. The molecule has 0 aromatic carbocycles. The molecule has 0 amide bonds. The fourth-order valence-electron chi connectivity index (χ4n) is 1.41. The van der Waals surface area contributed by atoms with Crippen molar-refractivity contribution in [1.29, 1.82) is 0 Å². The van der Waals surface area contributed by atoms with E-state index in [2.05, 4.69) is 41.0 Å². The summed E-state index contributed by atoms with van der Waals surface area (Å²) in [6.45, 7) is 8.16. The highest BCUT2D eigenvalue weighted by Crippen LogP contribution is 2.29. The maximum Gasteiger partial charge on any atom is 0.262 e. The van der Waals surface area contributed by atoms with Crippen molar-refractivity contribution < 1.29 is 4.42 Å². The van der Waals surface area contributed by atoms with Gasteiger partial charge in [-0.05, 0) is 18.7 Å². The van der Waals surface area contributed by atoms with Gasteiger partial charge in [-0.3, -0.25) is 0 Å². The van der Waals surface area contributed by atoms with Crippen LogP contribution in [0.15, 0.2) is 27.0 Å². The van der Waals surface area contributed by atoms with E-state index in [1.807, 2.05) is 20.0 Å². The molecule has 0 radical (unpaired) electrons. The molecule has 0 atom stereocenters. The van der Waals surface area contributed by atoms with Crippen molar-refractivity contribution in [3.05, 3.63) is 23.8 Å². The Morgan fingerprint density at radius 1 is 1.21 bits per heavy atom. The Morgan fingerprint density at radius 2 is 1.95 bits per heavy atom. The van der Waals surface area contributed by atoms with Crippen molar-refractivity contribution in [3.63, 3.8) is 0 Å². The summed E-state index contributed by atoms with van der Waals surface area (Å²) in [7, 11) is 1.85. The summed E-state index contributed by atoms with van der Waals surface area (Å²) in [4.78, 5) is 13.3. The second-order valence-corrected chi connectivity index (χ2v) is 6.24. The molecular weight excluding hydrogens is 260 g/mol. The Bertz CT molecular complexity index is 574. The lowest BCUT2D eigenvalue weighted by Crippen LogP contribution is -2.17. The van der Waals surface area contributed by atoms with E-state index in [1.54, 1.807) is 6.26 Å². The lowest BCUT2D eigenvalue weighted by molar-refractivity contribution is 0.453. The van der Waals surface area contributed by atoms with E-state index in [0.717, 1.165) is 22.4 Å². The molecule has 0 aliphatic rings. The summed E-state index contributed by atoms with van der Waals surface area (Å²) < 4.78 is 5.34. The number of rotatable bonds is 3. The summed E-state index contributed by atoms with van der Waals surface area (Å²) >= 11 is 1.40. The first kappa shape index (κ1) is 13.9. The van der Waals surface area contributed by atoms with Crippen molar-refractivity contribution in [1.82, 2.24) is 15.0 Å². The van der Waals surface area contributed by atoms with Crippen LogP contribution in [0.2, 0.25) is 0 Å². The van der Waals surface area contributed by atoms with Gasteiger partial charge in [-0.15, -0.1) is 0 Å². The molecule has 19 heavy (non-hydrogen) atoms. The SMILES string of the molecule is CNc1cc(Sc2nc(C)co2)nc(C(C)(C)C)n1. The van der Waals surface area contributed by atoms with E-state index < -0.39 is 0 Å². The highest BCUT2D eigenvalue weighted by atomic mass is 32.2. The number of aromatic nitrogens is 3. The Labute approximate surface area is 117 Å². The standard InChI is InChI=1S/C13H18N4OS/c1-8-7-18-12(15-8)19-10-6-9(14-5)16-11(17-10)13(2,3)4/h6-7H,1-5H3,(H,14,16,17). The van der Waals surface area contributed by atoms with E-state index in [4.69, 9.17) is 4.42 Å². The largest absolute Gasteiger partial charge is 0.439 e. The quantitative estimate of drug-likeness (QED) is 0.869. The smallest absolute Gasteiger partial charge is 0.262 e. The fraction of sp³-hybridized carbons (Fsp3) is 0.462. The Morgan fingerprint density at radius 3 is 2.47 bits per heavy atom. The Kier molecular flexibility index (Phi) is 3.80. The molecule has 2 rings (SSSR count). The third-order valence-electron chi connectivity index (χ3n) is 2.42. The summed E-state index contributed by atoms with van der Waals surface area (Å²) in [5, 5.41) is 4.48. The van der Waals surface area contributed by atoms with Gasteiger partial charge in [0.1, 0.15) is 22.9 Å². The second kappa shape index (κ2) is 5.21. The number of nitrogens with zero attached hydrogens (tertiary/aromatic N) is 3. The van der Waals surface area contributed by atoms with E-state index in [1.165, 1.54) is 11.8 Å². The molecule has 0 unspecified atom stereocenters. The van der Waals surface area contributed by atoms with Gasteiger partial charge < -0.3 is 9.73 Å². The summed E-state index contributed by atoms with van der Waals surface area (Å²) in [6, 6.07) is 1.89. The molecule has 0 fully saturated rings. The van der Waals surface area contributed by atoms with Crippen molar-refractivity contribution in [3.8, 4) is 0 Å². The van der Waals surface area contributed by atoms with E-state index in [0.29, 0.717) is 5.22 Å². The first-order valence-corrected chi connectivity index (χ1v) is 6.87. The van der Waals surface area contributed by atoms with Crippen LogP contribution in [0.5, 0.6) is 0 Å². The summed E-state index contributed by atoms with van der Waals surface area (Å²) in [5.41, 5.74) is 0.760. The minimum absolute atomic E-state index is 0.103. The molecule has 0 spiro atoms. The van der Waals surface area contributed by atoms with Gasteiger partial charge in [-0.2, -0.15) is 0 Å². The summed E-state index contributed by atoms with van der Waals surface area (Å²) in [5.74, 6) is 1.59. The van der Waals surface area contributed by atoms with Crippen LogP contribution in [-0.2, 0) is 5.41 Å². The van der Waals surface area contributed by atoms with Crippen LogP contribution >= 0.6 is 11.8 Å². The molecule has 102 valence electrons. The zero-order valence-corrected chi connectivity index (χ0v) is 12.6. The first-order chi connectivity index (χ1) is 8.88. The van der Waals surface area contributed by atoms with Crippen molar-refractivity contribution in [2.75, 3.05) is 12.4 Å². The topological polar surface area (TPSA) is 63.8 Å². The predicted molar refractivity (Wildman–Crippen MR) is 75.6 cm³/mol. The van der Waals surface area contributed by atoms with Crippen LogP contribution in [-0.4, -0.2) is 22.0 Å². The molecule has 5 nitrogen and oxygen atoms in total. The molecule has 0 saturated heterocycles. The lowest BCUT2D eigenvalue weighted by Gasteiger charge is -2.17. The number of aryl methyl sites for hydroxylation is 1. The van der Waals surface area contributed by atoms with Gasteiger partial charge in [0, 0.05) is 18.5 Å². The molecule has 2 heterocycles. The van der Waals surface area contributed by atoms with E-state index >= 15 is 0 Å². The zero-order chi connectivity index (χ0) is 14.0. The maximum absolute atomic E-state index is 5.34. The third kappa shape index (κ3) is 3.47. The van der Waals surface area contributed by atoms with E-state index in [-0.39, 0.29) is 5.41 Å². The van der Waals surface area contributed by atoms with Crippen LogP contribution < -0.4 is 5.32 Å². The number of oxazole rings is 1. The molecule has 0 aliphatic carbocycles. The number of nitrogens with one attached hydrogen (secondary N) is 1. The number of hydrogen-bond acceptors (Lipinski definition) is 6. The number of hydrogen-bond donors (Lipinski definition) is 1. The van der Waals surface area contributed by atoms with Gasteiger partial charge in [0.15, 0.2) is 0 Å². The third-order valence-corrected chi connectivity index (χ3v) is 3.20. The monoisotopic (exact) mass is 278 g/mol. The van der Waals surface area contributed by atoms with Crippen molar-refractivity contribution in [2.24, 2.45) is 0 Å². The lowest BCUT2D eigenvalue weighted by atomic mass is 9.96. The molecule has 1 N–H and O–H groups in total. The van der Waals surface area contributed by atoms with Gasteiger partial charge in [0.2, 0.25) is 0 Å². The normalized spacial score (nSPS) is 11.6. The maximum atomic E-state index is 5.34. The number of anilines is 1. The average molecular weight is 278 g/mol. The molecule has 2 aromatic heterocycles. The zero-order valence-electron chi connectivity index (χ0n) is 11.8. The van der Waals surface area contributed by atoms with Crippen LogP contribution in [0.1, 0.15) is 32.3 Å². The Balaban J connectivity index is 2.34. The summed E-state index contributed by atoms with van der Waals surface area (Å²) in [6.07, 6.45) is 1.63. The van der Waals surface area contributed by atoms with Crippen molar-refractivity contribution in [2.45, 2.75) is 43.4 Å². The van der Waals surface area contributed by atoms with Crippen LogP contribution in [0.3, 0.4) is 0 Å².